The second-order valence-electron chi connectivity index (χ2n) is 8.64. The van der Waals surface area contributed by atoms with Gasteiger partial charge in [-0.15, -0.1) is 0 Å². The van der Waals surface area contributed by atoms with Crippen molar-refractivity contribution in [2.24, 2.45) is 5.92 Å². The minimum absolute atomic E-state index is 0.00110. The molecule has 2 heterocycles. The standard InChI is InChI=1S/C21H38N2O4/c1-2-10-22-21(25)11-18-8-9-19-20(27-18)15-26-14-17(24)13-23(19)12-16-6-4-3-5-7-16/h16-20,24H,2-15H2,1H3,(H,22,25)/t17-,18+,19-,20+/m0/s1. The average molecular weight is 383 g/mol. The Morgan fingerprint density at radius 3 is 2.74 bits per heavy atom. The number of β-amino-alcohol motifs (C(OH)–C–C–N with tert-alkyl or cyclic N) is 1. The lowest BCUT2D eigenvalue weighted by atomic mass is 9.87. The maximum atomic E-state index is 12.1. The summed E-state index contributed by atoms with van der Waals surface area (Å²) in [5.41, 5.74) is 0. The number of amides is 1. The summed E-state index contributed by atoms with van der Waals surface area (Å²) in [4.78, 5) is 14.5. The van der Waals surface area contributed by atoms with E-state index in [0.29, 0.717) is 26.2 Å². The fourth-order valence-electron chi connectivity index (χ4n) is 4.90. The number of hydrogen-bond acceptors (Lipinski definition) is 5. The number of aliphatic hydroxyl groups is 1. The SMILES string of the molecule is CCCNC(=O)C[C@H]1CC[C@H]2[C@@H](COC[C@@H](O)CN2CC2CCCCC2)O1. The third-order valence-corrected chi connectivity index (χ3v) is 6.29. The van der Waals surface area contributed by atoms with Crippen LogP contribution < -0.4 is 5.32 Å². The molecule has 6 heteroatoms. The van der Waals surface area contributed by atoms with Crippen molar-refractivity contribution >= 4 is 5.91 Å². The molecule has 2 N–H and O–H groups in total. The molecule has 0 radical (unpaired) electrons. The summed E-state index contributed by atoms with van der Waals surface area (Å²) in [7, 11) is 0. The summed E-state index contributed by atoms with van der Waals surface area (Å²) < 4.78 is 12.0. The summed E-state index contributed by atoms with van der Waals surface area (Å²) >= 11 is 0. The van der Waals surface area contributed by atoms with E-state index in [1.165, 1.54) is 32.1 Å². The van der Waals surface area contributed by atoms with Crippen LogP contribution in [-0.4, -0.2) is 73.1 Å². The summed E-state index contributed by atoms with van der Waals surface area (Å²) in [6.07, 6.45) is 9.51. The number of nitrogens with one attached hydrogen (secondary N) is 1. The number of carbonyl (C=O) groups excluding carboxylic acids is 1. The third kappa shape index (κ3) is 6.41. The molecular weight excluding hydrogens is 344 g/mol. The van der Waals surface area contributed by atoms with Gasteiger partial charge in [0.25, 0.3) is 0 Å². The number of rotatable bonds is 6. The molecule has 0 unspecified atom stereocenters. The van der Waals surface area contributed by atoms with Crippen molar-refractivity contribution in [2.75, 3.05) is 32.8 Å². The molecule has 0 aromatic heterocycles. The molecular formula is C21H38N2O4. The van der Waals surface area contributed by atoms with Crippen LogP contribution in [0, 0.1) is 5.92 Å². The number of carbonyl (C=O) groups is 1. The van der Waals surface area contributed by atoms with Gasteiger partial charge in [0.05, 0.1) is 37.9 Å². The Balaban J connectivity index is 1.58. The van der Waals surface area contributed by atoms with E-state index < -0.39 is 6.10 Å². The largest absolute Gasteiger partial charge is 0.389 e. The van der Waals surface area contributed by atoms with Crippen molar-refractivity contribution in [1.82, 2.24) is 10.2 Å². The maximum absolute atomic E-state index is 12.1. The minimum Gasteiger partial charge on any atom is -0.389 e. The van der Waals surface area contributed by atoms with Crippen LogP contribution in [0.15, 0.2) is 0 Å². The van der Waals surface area contributed by atoms with Gasteiger partial charge in [-0.1, -0.05) is 26.2 Å². The van der Waals surface area contributed by atoms with Crippen molar-refractivity contribution in [1.29, 1.82) is 0 Å². The Morgan fingerprint density at radius 1 is 1.15 bits per heavy atom. The summed E-state index contributed by atoms with van der Waals surface area (Å²) in [6.45, 7) is 5.40. The Morgan fingerprint density at radius 2 is 1.96 bits per heavy atom. The van der Waals surface area contributed by atoms with E-state index in [0.717, 1.165) is 38.3 Å². The average Bonchev–Trinajstić information content (AvgIpc) is 2.66. The van der Waals surface area contributed by atoms with E-state index in [2.05, 4.69) is 17.1 Å². The number of hydrogen-bond donors (Lipinski definition) is 2. The molecule has 3 aliphatic rings. The quantitative estimate of drug-likeness (QED) is 0.736. The number of aliphatic hydroxyl groups excluding tert-OH is 1. The highest BCUT2D eigenvalue weighted by atomic mass is 16.5. The predicted octanol–water partition coefficient (Wildman–Crippen LogP) is 2.09. The van der Waals surface area contributed by atoms with E-state index in [9.17, 15) is 9.90 Å². The van der Waals surface area contributed by atoms with E-state index in [-0.39, 0.29) is 24.2 Å². The Kier molecular flexibility index (Phi) is 8.37. The first-order valence-electron chi connectivity index (χ1n) is 11.1. The Hall–Kier alpha value is -0.690. The highest BCUT2D eigenvalue weighted by molar-refractivity contribution is 5.76. The van der Waals surface area contributed by atoms with Gasteiger partial charge in [-0.25, -0.2) is 0 Å². The van der Waals surface area contributed by atoms with Crippen molar-refractivity contribution < 1.29 is 19.4 Å². The lowest BCUT2D eigenvalue weighted by molar-refractivity contribution is -0.158. The molecule has 3 fully saturated rings. The maximum Gasteiger partial charge on any atom is 0.222 e. The lowest BCUT2D eigenvalue weighted by Crippen LogP contribution is -2.56. The third-order valence-electron chi connectivity index (χ3n) is 6.29. The molecule has 6 nitrogen and oxygen atoms in total. The van der Waals surface area contributed by atoms with Gasteiger partial charge in [-0.3, -0.25) is 9.69 Å². The first kappa shape index (κ1) is 21.0. The molecule has 2 saturated heterocycles. The van der Waals surface area contributed by atoms with E-state index >= 15 is 0 Å². The predicted molar refractivity (Wildman–Crippen MR) is 105 cm³/mol. The van der Waals surface area contributed by atoms with Crippen LogP contribution in [0.3, 0.4) is 0 Å². The molecule has 0 aromatic rings. The number of nitrogens with zero attached hydrogens (tertiary/aromatic N) is 1. The summed E-state index contributed by atoms with van der Waals surface area (Å²) in [6, 6.07) is 0.289. The zero-order chi connectivity index (χ0) is 19.1. The molecule has 1 aliphatic carbocycles. The zero-order valence-corrected chi connectivity index (χ0v) is 16.9. The number of ether oxygens (including phenoxy) is 2. The van der Waals surface area contributed by atoms with Crippen molar-refractivity contribution in [2.45, 2.75) is 89.1 Å². The second-order valence-corrected chi connectivity index (χ2v) is 8.64. The smallest absolute Gasteiger partial charge is 0.222 e. The highest BCUT2D eigenvalue weighted by Crippen LogP contribution is 2.31. The first-order valence-corrected chi connectivity index (χ1v) is 11.1. The van der Waals surface area contributed by atoms with Gasteiger partial charge in [-0.2, -0.15) is 0 Å². The van der Waals surface area contributed by atoms with Crippen LogP contribution in [-0.2, 0) is 14.3 Å². The zero-order valence-electron chi connectivity index (χ0n) is 16.9. The normalized spacial score (nSPS) is 33.7. The van der Waals surface area contributed by atoms with Crippen LogP contribution >= 0.6 is 0 Å². The molecule has 2 aliphatic heterocycles. The van der Waals surface area contributed by atoms with Crippen molar-refractivity contribution in [3.05, 3.63) is 0 Å². The van der Waals surface area contributed by atoms with Crippen LogP contribution in [0.4, 0.5) is 0 Å². The van der Waals surface area contributed by atoms with Gasteiger partial charge in [0, 0.05) is 25.7 Å². The topological polar surface area (TPSA) is 71.0 Å². The lowest BCUT2D eigenvalue weighted by Gasteiger charge is -2.45. The van der Waals surface area contributed by atoms with Gasteiger partial charge >= 0.3 is 0 Å². The van der Waals surface area contributed by atoms with Gasteiger partial charge in [-0.05, 0) is 38.0 Å². The number of fused-ring (bicyclic) bond motifs is 1. The van der Waals surface area contributed by atoms with E-state index in [4.69, 9.17) is 9.47 Å². The van der Waals surface area contributed by atoms with Gasteiger partial charge in [0.15, 0.2) is 0 Å². The van der Waals surface area contributed by atoms with Crippen LogP contribution in [0.1, 0.15) is 64.7 Å². The molecule has 0 bridgehead atoms. The van der Waals surface area contributed by atoms with Gasteiger partial charge in [0.2, 0.25) is 5.91 Å². The Bertz CT molecular complexity index is 455. The van der Waals surface area contributed by atoms with Crippen LogP contribution in [0.5, 0.6) is 0 Å². The molecule has 0 aromatic carbocycles. The second kappa shape index (κ2) is 10.7. The highest BCUT2D eigenvalue weighted by Gasteiger charge is 2.38. The summed E-state index contributed by atoms with van der Waals surface area (Å²) in [5, 5.41) is 13.2. The molecule has 4 atom stereocenters. The molecule has 3 rings (SSSR count). The van der Waals surface area contributed by atoms with Crippen molar-refractivity contribution in [3.8, 4) is 0 Å². The first-order chi connectivity index (χ1) is 13.2. The van der Waals surface area contributed by atoms with Gasteiger partial charge in [0.1, 0.15) is 0 Å². The molecule has 156 valence electrons. The minimum atomic E-state index is -0.424. The fraction of sp³-hybridized carbons (Fsp3) is 0.952. The van der Waals surface area contributed by atoms with Crippen LogP contribution in [0.2, 0.25) is 0 Å². The molecule has 27 heavy (non-hydrogen) atoms. The summed E-state index contributed by atoms with van der Waals surface area (Å²) in [5.74, 6) is 0.825. The Labute approximate surface area is 164 Å². The molecule has 0 spiro atoms. The molecule has 1 saturated carbocycles. The van der Waals surface area contributed by atoms with Crippen molar-refractivity contribution in [3.63, 3.8) is 0 Å². The molecule has 1 amide bonds. The fourth-order valence-corrected chi connectivity index (χ4v) is 4.90. The van der Waals surface area contributed by atoms with Crippen LogP contribution in [0.25, 0.3) is 0 Å². The van der Waals surface area contributed by atoms with Gasteiger partial charge < -0.3 is 19.9 Å². The van der Waals surface area contributed by atoms with E-state index in [1.807, 2.05) is 0 Å². The van der Waals surface area contributed by atoms with E-state index in [1.54, 1.807) is 0 Å². The monoisotopic (exact) mass is 382 g/mol.